The lowest BCUT2D eigenvalue weighted by Crippen LogP contribution is -2.32. The highest BCUT2D eigenvalue weighted by atomic mass is 16.6. The van der Waals surface area contributed by atoms with Crippen LogP contribution in [0.3, 0.4) is 0 Å². The molecule has 3 aromatic rings. The summed E-state index contributed by atoms with van der Waals surface area (Å²) in [5.41, 5.74) is 4.55. The van der Waals surface area contributed by atoms with Crippen molar-refractivity contribution in [1.82, 2.24) is 4.98 Å². The van der Waals surface area contributed by atoms with Crippen molar-refractivity contribution in [2.75, 3.05) is 7.11 Å². The van der Waals surface area contributed by atoms with E-state index in [9.17, 15) is 4.79 Å². The number of benzene rings is 2. The van der Waals surface area contributed by atoms with E-state index in [0.717, 1.165) is 39.2 Å². The van der Waals surface area contributed by atoms with Crippen molar-refractivity contribution in [1.29, 1.82) is 0 Å². The van der Waals surface area contributed by atoms with Crippen LogP contribution in [0.2, 0.25) is 0 Å². The molecule has 0 aliphatic carbocycles. The minimum Gasteiger partial charge on any atom is -0.489 e. The number of aromatic nitrogens is 1. The summed E-state index contributed by atoms with van der Waals surface area (Å²) in [5, 5.41) is 5.38. The van der Waals surface area contributed by atoms with E-state index in [-0.39, 0.29) is 23.9 Å². The first kappa shape index (κ1) is 21.8. The summed E-state index contributed by atoms with van der Waals surface area (Å²) in [4.78, 5) is 21.9. The third-order valence-electron chi connectivity index (χ3n) is 5.88. The van der Waals surface area contributed by atoms with Crippen molar-refractivity contribution in [3.8, 4) is 5.75 Å². The number of nitrogens with zero attached hydrogens (tertiary/aromatic N) is 2. The SMILES string of the molecule is COC(=O)CC(C)(C)C1CC(c2ccc(OCc3cc(C)nc4ccccc34)cc2)=NO1. The topological polar surface area (TPSA) is 70.0 Å². The summed E-state index contributed by atoms with van der Waals surface area (Å²) in [6.07, 6.45) is 0.759. The van der Waals surface area contributed by atoms with E-state index >= 15 is 0 Å². The highest BCUT2D eigenvalue weighted by molar-refractivity contribution is 6.01. The molecule has 1 atom stereocenters. The number of ether oxygens (including phenoxy) is 2. The van der Waals surface area contributed by atoms with Gasteiger partial charge in [-0.1, -0.05) is 37.2 Å². The third-order valence-corrected chi connectivity index (χ3v) is 5.88. The second-order valence-electron chi connectivity index (χ2n) is 8.83. The van der Waals surface area contributed by atoms with Crippen molar-refractivity contribution < 1.29 is 19.1 Å². The fraction of sp³-hybridized carbons (Fsp3) is 0.346. The number of methoxy groups -OCH3 is 1. The minimum absolute atomic E-state index is 0.171. The summed E-state index contributed by atoms with van der Waals surface area (Å²) < 4.78 is 10.9. The van der Waals surface area contributed by atoms with Gasteiger partial charge in [-0.15, -0.1) is 0 Å². The molecule has 0 saturated carbocycles. The summed E-state index contributed by atoms with van der Waals surface area (Å²) in [5.74, 6) is 0.542. The van der Waals surface area contributed by atoms with Gasteiger partial charge in [0, 0.05) is 28.5 Å². The Morgan fingerprint density at radius 3 is 2.66 bits per heavy atom. The van der Waals surface area contributed by atoms with Crippen LogP contribution in [0.15, 0.2) is 59.8 Å². The van der Waals surface area contributed by atoms with Crippen LogP contribution < -0.4 is 4.74 Å². The molecule has 6 nitrogen and oxygen atoms in total. The number of oxime groups is 1. The zero-order valence-electron chi connectivity index (χ0n) is 18.9. The lowest BCUT2D eigenvalue weighted by atomic mass is 9.80. The highest BCUT2D eigenvalue weighted by Gasteiger charge is 2.38. The molecule has 2 heterocycles. The quantitative estimate of drug-likeness (QED) is 0.480. The van der Waals surface area contributed by atoms with E-state index < -0.39 is 0 Å². The predicted molar refractivity (Wildman–Crippen MR) is 124 cm³/mol. The molecule has 6 heteroatoms. The fourth-order valence-electron chi connectivity index (χ4n) is 3.94. The van der Waals surface area contributed by atoms with Gasteiger partial charge in [-0.2, -0.15) is 0 Å². The monoisotopic (exact) mass is 432 g/mol. The smallest absolute Gasteiger partial charge is 0.306 e. The van der Waals surface area contributed by atoms with Crippen molar-refractivity contribution in [2.24, 2.45) is 10.6 Å². The van der Waals surface area contributed by atoms with Gasteiger partial charge in [-0.3, -0.25) is 9.78 Å². The second-order valence-corrected chi connectivity index (χ2v) is 8.83. The minimum atomic E-state index is -0.368. The number of aryl methyl sites for hydroxylation is 1. The number of para-hydroxylation sites is 1. The Kier molecular flexibility index (Phi) is 6.12. The maximum Gasteiger partial charge on any atom is 0.306 e. The van der Waals surface area contributed by atoms with E-state index in [0.29, 0.717) is 13.0 Å². The van der Waals surface area contributed by atoms with Gasteiger partial charge in [-0.25, -0.2) is 0 Å². The molecule has 0 spiro atoms. The number of hydrogen-bond acceptors (Lipinski definition) is 6. The van der Waals surface area contributed by atoms with Crippen LogP contribution in [0.5, 0.6) is 5.75 Å². The van der Waals surface area contributed by atoms with Crippen LogP contribution >= 0.6 is 0 Å². The molecular formula is C26H28N2O4. The van der Waals surface area contributed by atoms with Crippen LogP contribution in [0.4, 0.5) is 0 Å². The number of carbonyl (C=O) groups is 1. The fourth-order valence-corrected chi connectivity index (χ4v) is 3.94. The van der Waals surface area contributed by atoms with Gasteiger partial charge in [-0.05, 0) is 48.9 Å². The molecule has 0 radical (unpaired) electrons. The normalized spacial score (nSPS) is 15.9. The molecule has 0 bridgehead atoms. The van der Waals surface area contributed by atoms with E-state index in [1.807, 2.05) is 63.2 Å². The van der Waals surface area contributed by atoms with Gasteiger partial charge in [0.2, 0.25) is 0 Å². The molecule has 1 aromatic heterocycles. The molecule has 0 amide bonds. The first-order valence-corrected chi connectivity index (χ1v) is 10.7. The average Bonchev–Trinajstić information content (AvgIpc) is 3.29. The zero-order valence-corrected chi connectivity index (χ0v) is 18.9. The van der Waals surface area contributed by atoms with Crippen molar-refractivity contribution >= 4 is 22.6 Å². The number of pyridine rings is 1. The molecule has 166 valence electrons. The summed E-state index contributed by atoms with van der Waals surface area (Å²) in [6, 6.07) is 18.0. The molecule has 0 N–H and O–H groups in total. The Morgan fingerprint density at radius 1 is 1.16 bits per heavy atom. The Morgan fingerprint density at radius 2 is 1.91 bits per heavy atom. The maximum atomic E-state index is 11.7. The van der Waals surface area contributed by atoms with Crippen LogP contribution in [-0.4, -0.2) is 29.9 Å². The summed E-state index contributed by atoms with van der Waals surface area (Å²) >= 11 is 0. The third kappa shape index (κ3) is 4.74. The van der Waals surface area contributed by atoms with E-state index in [1.165, 1.54) is 7.11 Å². The van der Waals surface area contributed by atoms with Crippen LogP contribution in [-0.2, 0) is 21.0 Å². The summed E-state index contributed by atoms with van der Waals surface area (Å²) in [7, 11) is 1.40. The molecule has 2 aromatic carbocycles. The molecule has 1 aliphatic heterocycles. The number of rotatable bonds is 7. The Bertz CT molecular complexity index is 1150. The molecule has 4 rings (SSSR count). The van der Waals surface area contributed by atoms with Crippen LogP contribution in [0.1, 0.15) is 43.5 Å². The van der Waals surface area contributed by atoms with Crippen LogP contribution in [0, 0.1) is 12.3 Å². The highest BCUT2D eigenvalue weighted by Crippen LogP contribution is 2.35. The molecule has 0 fully saturated rings. The number of esters is 1. The van der Waals surface area contributed by atoms with Gasteiger partial charge >= 0.3 is 5.97 Å². The summed E-state index contributed by atoms with van der Waals surface area (Å²) in [6.45, 7) is 6.45. The second kappa shape index (κ2) is 8.99. The van der Waals surface area contributed by atoms with E-state index in [1.54, 1.807) is 0 Å². The number of hydrogen-bond donors (Lipinski definition) is 0. The first-order valence-electron chi connectivity index (χ1n) is 10.7. The first-order chi connectivity index (χ1) is 15.4. The lowest BCUT2D eigenvalue weighted by molar-refractivity contribution is -0.145. The number of carbonyl (C=O) groups excluding carboxylic acids is 1. The molecule has 1 aliphatic rings. The average molecular weight is 433 g/mol. The van der Waals surface area contributed by atoms with Gasteiger partial charge in [0.1, 0.15) is 18.5 Å². The van der Waals surface area contributed by atoms with Gasteiger partial charge in [0.05, 0.1) is 24.8 Å². The van der Waals surface area contributed by atoms with Gasteiger partial charge in [0.25, 0.3) is 0 Å². The van der Waals surface area contributed by atoms with E-state index in [4.69, 9.17) is 14.3 Å². The van der Waals surface area contributed by atoms with Gasteiger partial charge < -0.3 is 14.3 Å². The Balaban J connectivity index is 1.40. The van der Waals surface area contributed by atoms with E-state index in [2.05, 4.69) is 22.3 Å². The van der Waals surface area contributed by atoms with Crippen molar-refractivity contribution in [2.45, 2.75) is 46.3 Å². The van der Waals surface area contributed by atoms with Crippen molar-refractivity contribution in [3.63, 3.8) is 0 Å². The molecule has 1 unspecified atom stereocenters. The molecule has 0 saturated heterocycles. The van der Waals surface area contributed by atoms with Crippen molar-refractivity contribution in [3.05, 3.63) is 71.4 Å². The largest absolute Gasteiger partial charge is 0.489 e. The molecular weight excluding hydrogens is 404 g/mol. The molecule has 32 heavy (non-hydrogen) atoms. The zero-order chi connectivity index (χ0) is 22.7. The standard InChI is InChI=1S/C26H28N2O4/c1-17-13-19(21-7-5-6-8-22(21)27-17)16-31-20-11-9-18(10-12-20)23-14-24(32-28-23)26(2,3)15-25(29)30-4/h5-13,24H,14-16H2,1-4H3. The lowest BCUT2D eigenvalue weighted by Gasteiger charge is -2.28. The number of fused-ring (bicyclic) bond motifs is 1. The predicted octanol–water partition coefficient (Wildman–Crippen LogP) is 5.20. The van der Waals surface area contributed by atoms with Gasteiger partial charge in [0.15, 0.2) is 0 Å². The maximum absolute atomic E-state index is 11.7. The Hall–Kier alpha value is -3.41. The Labute approximate surface area is 188 Å². The van der Waals surface area contributed by atoms with Crippen LogP contribution in [0.25, 0.3) is 10.9 Å².